The van der Waals surface area contributed by atoms with Gasteiger partial charge in [-0.3, -0.25) is 9.55 Å². The Balaban J connectivity index is 1.70. The number of nitrogens with one attached hydrogen (secondary N) is 1. The molecule has 0 atom stereocenters. The van der Waals surface area contributed by atoms with E-state index < -0.39 is 23.4 Å². The molecule has 174 valence electrons. The first kappa shape index (κ1) is 22.7. The Hall–Kier alpha value is -4.45. The van der Waals surface area contributed by atoms with Crippen LogP contribution in [-0.4, -0.2) is 39.3 Å². The van der Waals surface area contributed by atoms with Crippen LogP contribution in [0, 0.1) is 0 Å². The van der Waals surface area contributed by atoms with Crippen LogP contribution in [0.4, 0.5) is 5.69 Å². The monoisotopic (exact) mass is 483 g/mol. The number of hydrogen-bond donors (Lipinski definition) is 3. The first-order valence-corrected chi connectivity index (χ1v) is 10.3. The fraction of sp³-hybridized carbons (Fsp3) is 0.143. The lowest BCUT2D eigenvalue weighted by Gasteiger charge is -2.10. The molecule has 2 heterocycles. The van der Waals surface area contributed by atoms with Crippen molar-refractivity contribution >= 4 is 17.3 Å². The molecule has 0 spiro atoms. The van der Waals surface area contributed by atoms with E-state index in [2.05, 4.69) is 24.9 Å². The first-order chi connectivity index (χ1) is 16.3. The highest BCUT2D eigenvalue weighted by Crippen LogP contribution is 2.23. The normalized spacial score (nSPS) is 11.5. The Morgan fingerprint density at radius 2 is 1.62 bits per heavy atom. The Morgan fingerprint density at radius 3 is 2.24 bits per heavy atom. The van der Waals surface area contributed by atoms with E-state index in [0.717, 1.165) is 10.1 Å². The second-order valence-electron chi connectivity index (χ2n) is 6.92. The summed E-state index contributed by atoms with van der Waals surface area (Å²) in [4.78, 5) is 42.7. The molecule has 4 rings (SSSR count). The summed E-state index contributed by atoms with van der Waals surface area (Å²) in [5.41, 5.74) is 0.200. The second-order valence-corrected chi connectivity index (χ2v) is 7.36. The minimum absolute atomic E-state index is 0.0654. The first-order valence-electron chi connectivity index (χ1n) is 9.97. The molecular weight excluding hydrogens is 466 g/mol. The van der Waals surface area contributed by atoms with E-state index in [4.69, 9.17) is 16.3 Å². The lowest BCUT2D eigenvalue weighted by Crippen LogP contribution is -2.49. The predicted octanol–water partition coefficient (Wildman–Crippen LogP) is 1.68. The smallest absolute Gasteiger partial charge is 0.335 e. The largest absolute Gasteiger partial charge is 0.479 e. The summed E-state index contributed by atoms with van der Waals surface area (Å²) in [7, 11) is 0. The van der Waals surface area contributed by atoms with Gasteiger partial charge in [0.25, 0.3) is 0 Å². The van der Waals surface area contributed by atoms with Crippen LogP contribution in [0.25, 0.3) is 0 Å². The summed E-state index contributed by atoms with van der Waals surface area (Å²) in [6, 6.07) is 11.5. The number of benzene rings is 2. The lowest BCUT2D eigenvalue weighted by molar-refractivity contribution is 0.350. The van der Waals surface area contributed by atoms with Crippen LogP contribution < -0.4 is 21.7 Å². The maximum absolute atomic E-state index is 13.0. The van der Waals surface area contributed by atoms with E-state index in [1.165, 1.54) is 16.7 Å². The van der Waals surface area contributed by atoms with Crippen molar-refractivity contribution in [3.05, 3.63) is 85.7 Å². The summed E-state index contributed by atoms with van der Waals surface area (Å²) < 4.78 is 7.81. The van der Waals surface area contributed by atoms with Gasteiger partial charge in [0.2, 0.25) is 5.62 Å². The van der Waals surface area contributed by atoms with Gasteiger partial charge in [0.15, 0.2) is 0 Å². The second kappa shape index (κ2) is 9.58. The molecule has 0 aliphatic rings. The van der Waals surface area contributed by atoms with Crippen molar-refractivity contribution in [1.29, 1.82) is 0 Å². The molecule has 0 unspecified atom stereocenters. The van der Waals surface area contributed by atoms with Crippen LogP contribution in [0.15, 0.2) is 63.1 Å². The van der Waals surface area contributed by atoms with Crippen molar-refractivity contribution in [3.63, 3.8) is 0 Å². The van der Waals surface area contributed by atoms with E-state index >= 15 is 0 Å². The number of H-pyrrole nitrogens is 1. The van der Waals surface area contributed by atoms with Crippen molar-refractivity contribution in [3.8, 4) is 23.8 Å². The molecule has 3 N–H and O–H groups in total. The molecule has 0 fully saturated rings. The Bertz CT molecular complexity index is 1490. The molecule has 0 aliphatic carbocycles. The zero-order chi connectivity index (χ0) is 24.2. The number of ether oxygens (including phenoxy) is 1. The van der Waals surface area contributed by atoms with Crippen LogP contribution in [0.1, 0.15) is 12.5 Å². The zero-order valence-corrected chi connectivity index (χ0v) is 18.5. The number of aromatic nitrogens is 6. The minimum atomic E-state index is -0.690. The third kappa shape index (κ3) is 5.13. The molecular formula is C21H18ClN7O5. The van der Waals surface area contributed by atoms with E-state index in [1.54, 1.807) is 43.3 Å². The van der Waals surface area contributed by atoms with Gasteiger partial charge in [-0.1, -0.05) is 23.7 Å². The highest BCUT2D eigenvalue weighted by molar-refractivity contribution is 6.30. The van der Waals surface area contributed by atoms with Gasteiger partial charge in [0.05, 0.1) is 12.2 Å². The number of halogens is 1. The van der Waals surface area contributed by atoms with Gasteiger partial charge in [-0.05, 0) is 48.9 Å². The molecule has 0 amide bonds. The van der Waals surface area contributed by atoms with E-state index in [1.807, 2.05) is 0 Å². The van der Waals surface area contributed by atoms with Crippen LogP contribution in [0.3, 0.4) is 0 Å². The SMILES string of the molecule is CCn1c(=O)[nH]/c(=N\c2ccc(Oc3nc(O)nc(O)n3)cc2)n(Cc2ccc(Cl)cc2)c1=O. The van der Waals surface area contributed by atoms with Gasteiger partial charge in [0, 0.05) is 11.6 Å². The molecule has 0 aliphatic heterocycles. The van der Waals surface area contributed by atoms with Crippen LogP contribution in [-0.2, 0) is 13.1 Å². The average molecular weight is 484 g/mol. The average Bonchev–Trinajstić information content (AvgIpc) is 2.78. The van der Waals surface area contributed by atoms with Gasteiger partial charge in [-0.15, -0.1) is 15.0 Å². The van der Waals surface area contributed by atoms with E-state index in [9.17, 15) is 19.8 Å². The number of rotatable bonds is 6. The fourth-order valence-corrected chi connectivity index (χ4v) is 3.16. The molecule has 0 bridgehead atoms. The van der Waals surface area contributed by atoms with Crippen molar-refractivity contribution in [2.24, 2.45) is 4.99 Å². The van der Waals surface area contributed by atoms with Gasteiger partial charge < -0.3 is 14.9 Å². The summed E-state index contributed by atoms with van der Waals surface area (Å²) in [5.74, 6) is 0.285. The van der Waals surface area contributed by atoms with E-state index in [-0.39, 0.29) is 30.5 Å². The Labute approximate surface area is 196 Å². The van der Waals surface area contributed by atoms with Gasteiger partial charge in [-0.2, -0.15) is 0 Å². The quantitative estimate of drug-likeness (QED) is 0.373. The molecule has 0 saturated carbocycles. The van der Waals surface area contributed by atoms with Crippen LogP contribution in [0.5, 0.6) is 23.8 Å². The maximum atomic E-state index is 13.0. The minimum Gasteiger partial charge on any atom is -0.479 e. The topological polar surface area (TPSA) is 161 Å². The summed E-state index contributed by atoms with van der Waals surface area (Å²) in [6.45, 7) is 2.06. The summed E-state index contributed by atoms with van der Waals surface area (Å²) >= 11 is 5.95. The maximum Gasteiger partial charge on any atom is 0.335 e. The Morgan fingerprint density at radius 1 is 0.971 bits per heavy atom. The van der Waals surface area contributed by atoms with Crippen molar-refractivity contribution in [2.45, 2.75) is 20.0 Å². The molecule has 34 heavy (non-hydrogen) atoms. The molecule has 0 radical (unpaired) electrons. The molecule has 4 aromatic rings. The fourth-order valence-electron chi connectivity index (χ4n) is 3.03. The number of aromatic hydroxyl groups is 2. The lowest BCUT2D eigenvalue weighted by atomic mass is 10.2. The predicted molar refractivity (Wildman–Crippen MR) is 120 cm³/mol. The zero-order valence-electron chi connectivity index (χ0n) is 17.7. The van der Waals surface area contributed by atoms with Crippen LogP contribution >= 0.6 is 11.6 Å². The molecule has 0 saturated heterocycles. The number of hydrogen-bond acceptors (Lipinski definition) is 9. The highest BCUT2D eigenvalue weighted by atomic mass is 35.5. The third-order valence-electron chi connectivity index (χ3n) is 4.62. The van der Waals surface area contributed by atoms with Crippen molar-refractivity contribution in [1.82, 2.24) is 29.1 Å². The van der Waals surface area contributed by atoms with Gasteiger partial charge in [-0.25, -0.2) is 19.1 Å². The van der Waals surface area contributed by atoms with Gasteiger partial charge in [0.1, 0.15) is 5.75 Å². The summed E-state index contributed by atoms with van der Waals surface area (Å²) in [5, 5.41) is 19.2. The van der Waals surface area contributed by atoms with E-state index in [0.29, 0.717) is 10.7 Å². The number of nitrogens with zero attached hydrogens (tertiary/aromatic N) is 6. The molecule has 2 aromatic carbocycles. The third-order valence-corrected chi connectivity index (χ3v) is 4.88. The van der Waals surface area contributed by atoms with Gasteiger partial charge >= 0.3 is 29.4 Å². The Kier molecular flexibility index (Phi) is 6.41. The molecule has 12 nitrogen and oxygen atoms in total. The summed E-state index contributed by atoms with van der Waals surface area (Å²) in [6.07, 6.45) is 0. The molecule has 13 heteroatoms. The van der Waals surface area contributed by atoms with Crippen molar-refractivity contribution < 1.29 is 14.9 Å². The standard InChI is InChI=1S/C21H18ClN7O5/c1-2-28-20(32)24-16(29(21(28)33)11-12-3-5-13(22)6-4-12)23-14-7-9-15(10-8-14)34-19-26-17(30)25-18(31)27-19/h3-10H,2,11H2,1H3,(H,23,24,32)(H2,25,26,27,30,31). The number of aromatic amines is 1. The van der Waals surface area contributed by atoms with Crippen molar-refractivity contribution in [2.75, 3.05) is 0 Å². The van der Waals surface area contributed by atoms with Crippen LogP contribution in [0.2, 0.25) is 5.02 Å². The molecule has 2 aromatic heterocycles. The highest BCUT2D eigenvalue weighted by Gasteiger charge is 2.10.